The summed E-state index contributed by atoms with van der Waals surface area (Å²) in [5.74, 6) is 0.855. The molecule has 0 saturated heterocycles. The largest absolute Gasteiger partial charge is 0.496 e. The van der Waals surface area contributed by atoms with Crippen LogP contribution in [0.15, 0.2) is 59.8 Å². The van der Waals surface area contributed by atoms with E-state index in [1.54, 1.807) is 13.3 Å². The first kappa shape index (κ1) is 16.8. The highest BCUT2D eigenvalue weighted by Gasteiger charge is 2.30. The maximum Gasteiger partial charge on any atom is 0.417 e. The number of rotatable bonds is 4. The molecule has 4 nitrogen and oxygen atoms in total. The van der Waals surface area contributed by atoms with Crippen molar-refractivity contribution in [1.82, 2.24) is 4.98 Å². The summed E-state index contributed by atoms with van der Waals surface area (Å²) in [7, 11) is 1.56. The van der Waals surface area contributed by atoms with Gasteiger partial charge in [-0.25, -0.2) is 4.98 Å². The monoisotopic (exact) mass is 345 g/mol. The highest BCUT2D eigenvalue weighted by atomic mass is 19.4. The topological polar surface area (TPSA) is 46.5 Å². The Morgan fingerprint density at radius 1 is 1.08 bits per heavy atom. The molecule has 0 atom stereocenters. The van der Waals surface area contributed by atoms with Crippen LogP contribution in [-0.4, -0.2) is 18.3 Å². The van der Waals surface area contributed by atoms with Crippen LogP contribution >= 0.6 is 0 Å². The van der Waals surface area contributed by atoms with Crippen LogP contribution in [0.3, 0.4) is 0 Å². The van der Waals surface area contributed by atoms with Crippen LogP contribution in [0.5, 0.6) is 5.75 Å². The number of hydrogen-bond acceptors (Lipinski definition) is 4. The quantitative estimate of drug-likeness (QED) is 0.550. The molecule has 3 aromatic rings. The van der Waals surface area contributed by atoms with Gasteiger partial charge in [-0.15, -0.1) is 0 Å². The van der Waals surface area contributed by atoms with Gasteiger partial charge in [-0.3, -0.25) is 5.43 Å². The van der Waals surface area contributed by atoms with Crippen LogP contribution in [-0.2, 0) is 6.18 Å². The summed E-state index contributed by atoms with van der Waals surface area (Å²) in [6.07, 6.45) is -2.10. The van der Waals surface area contributed by atoms with Gasteiger partial charge in [0.25, 0.3) is 0 Å². The fourth-order valence-corrected chi connectivity index (χ4v) is 2.38. The molecule has 25 heavy (non-hydrogen) atoms. The van der Waals surface area contributed by atoms with E-state index in [0.717, 1.165) is 28.6 Å². The number of aromatic nitrogens is 1. The van der Waals surface area contributed by atoms with Gasteiger partial charge in [0.1, 0.15) is 11.6 Å². The van der Waals surface area contributed by atoms with E-state index in [1.165, 1.54) is 6.07 Å². The molecule has 0 amide bonds. The van der Waals surface area contributed by atoms with Gasteiger partial charge >= 0.3 is 6.18 Å². The maximum absolute atomic E-state index is 12.5. The number of ether oxygens (including phenoxy) is 1. The number of hydrogen-bond donors (Lipinski definition) is 1. The van der Waals surface area contributed by atoms with E-state index >= 15 is 0 Å². The normalized spacial score (nSPS) is 11.8. The molecule has 3 rings (SSSR count). The van der Waals surface area contributed by atoms with E-state index in [2.05, 4.69) is 15.5 Å². The fourth-order valence-electron chi connectivity index (χ4n) is 2.38. The third-order valence-corrected chi connectivity index (χ3v) is 3.61. The Hall–Kier alpha value is -3.09. The first-order valence-corrected chi connectivity index (χ1v) is 7.37. The molecule has 0 saturated carbocycles. The zero-order valence-corrected chi connectivity index (χ0v) is 13.2. The smallest absolute Gasteiger partial charge is 0.417 e. The van der Waals surface area contributed by atoms with Gasteiger partial charge in [0.15, 0.2) is 0 Å². The molecule has 128 valence electrons. The van der Waals surface area contributed by atoms with Crippen LogP contribution in [0.4, 0.5) is 19.0 Å². The molecular weight excluding hydrogens is 331 g/mol. The molecule has 0 radical (unpaired) electrons. The number of nitrogens with zero attached hydrogens (tertiary/aromatic N) is 2. The molecule has 0 fully saturated rings. The third-order valence-electron chi connectivity index (χ3n) is 3.61. The van der Waals surface area contributed by atoms with E-state index in [0.29, 0.717) is 5.75 Å². The van der Waals surface area contributed by atoms with Crippen molar-refractivity contribution in [3.8, 4) is 5.75 Å². The summed E-state index contributed by atoms with van der Waals surface area (Å²) >= 11 is 0. The van der Waals surface area contributed by atoms with E-state index < -0.39 is 11.7 Å². The molecule has 0 bridgehead atoms. The van der Waals surface area contributed by atoms with Gasteiger partial charge < -0.3 is 4.74 Å². The third kappa shape index (κ3) is 3.71. The van der Waals surface area contributed by atoms with Crippen LogP contribution < -0.4 is 10.2 Å². The van der Waals surface area contributed by atoms with E-state index in [1.807, 2.05) is 36.4 Å². The molecular formula is C18H14F3N3O. The number of benzene rings is 2. The SMILES string of the molecule is COc1ccc2ccccc2c1C=NNc1ccc(C(F)(F)F)cn1. The number of alkyl halides is 3. The molecule has 1 N–H and O–H groups in total. The minimum atomic E-state index is -4.41. The Balaban J connectivity index is 1.84. The second kappa shape index (κ2) is 6.80. The van der Waals surface area contributed by atoms with E-state index in [4.69, 9.17) is 4.74 Å². The van der Waals surface area contributed by atoms with Crippen LogP contribution in [0, 0.1) is 0 Å². The maximum atomic E-state index is 12.5. The molecule has 0 unspecified atom stereocenters. The van der Waals surface area contributed by atoms with Crippen molar-refractivity contribution in [1.29, 1.82) is 0 Å². The summed E-state index contributed by atoms with van der Waals surface area (Å²) in [4.78, 5) is 3.71. The second-order valence-electron chi connectivity index (χ2n) is 5.20. The molecule has 7 heteroatoms. The second-order valence-corrected chi connectivity index (χ2v) is 5.20. The molecule has 0 aliphatic carbocycles. The lowest BCUT2D eigenvalue weighted by atomic mass is 10.0. The predicted octanol–water partition coefficient (Wildman–Crippen LogP) is 4.71. The lowest BCUT2D eigenvalue weighted by molar-refractivity contribution is -0.137. The van der Waals surface area contributed by atoms with Gasteiger partial charge in [-0.05, 0) is 29.0 Å². The minimum Gasteiger partial charge on any atom is -0.496 e. The van der Waals surface area contributed by atoms with Crippen molar-refractivity contribution in [3.05, 3.63) is 65.9 Å². The summed E-state index contributed by atoms with van der Waals surface area (Å²) in [6, 6.07) is 13.7. The first-order valence-electron chi connectivity index (χ1n) is 7.37. The molecule has 0 aliphatic rings. The Bertz CT molecular complexity index is 906. The minimum absolute atomic E-state index is 0.212. The number of halogens is 3. The van der Waals surface area contributed by atoms with Crippen molar-refractivity contribution in [2.75, 3.05) is 12.5 Å². The van der Waals surface area contributed by atoms with Crippen LogP contribution in [0.25, 0.3) is 10.8 Å². The van der Waals surface area contributed by atoms with Crippen LogP contribution in [0.2, 0.25) is 0 Å². The number of nitrogens with one attached hydrogen (secondary N) is 1. The van der Waals surface area contributed by atoms with Crippen molar-refractivity contribution >= 4 is 22.8 Å². The number of pyridine rings is 1. The highest BCUT2D eigenvalue weighted by Crippen LogP contribution is 2.29. The predicted molar refractivity (Wildman–Crippen MR) is 91.0 cm³/mol. The lowest BCUT2D eigenvalue weighted by Gasteiger charge is -2.09. The molecule has 2 aromatic carbocycles. The summed E-state index contributed by atoms with van der Waals surface area (Å²) < 4.78 is 42.9. The standard InChI is InChI=1S/C18H14F3N3O/c1-25-16-8-6-12-4-2-3-5-14(12)15(16)11-23-24-17-9-7-13(10-22-17)18(19,20)21/h2-11H,1H3,(H,22,24). The van der Waals surface area contributed by atoms with E-state index in [-0.39, 0.29) is 5.82 Å². The zero-order chi connectivity index (χ0) is 17.9. The first-order chi connectivity index (χ1) is 12.0. The van der Waals surface area contributed by atoms with Gasteiger partial charge in [-0.2, -0.15) is 18.3 Å². The average Bonchev–Trinajstić information content (AvgIpc) is 2.61. The van der Waals surface area contributed by atoms with Gasteiger partial charge in [-0.1, -0.05) is 30.3 Å². The Kier molecular flexibility index (Phi) is 4.56. The lowest BCUT2D eigenvalue weighted by Crippen LogP contribution is -2.05. The van der Waals surface area contributed by atoms with Crippen LogP contribution in [0.1, 0.15) is 11.1 Å². The number of fused-ring (bicyclic) bond motifs is 1. The Labute approximate surface area is 142 Å². The average molecular weight is 345 g/mol. The van der Waals surface area contributed by atoms with Gasteiger partial charge in [0.2, 0.25) is 0 Å². The molecule has 0 aliphatic heterocycles. The van der Waals surface area contributed by atoms with Crippen molar-refractivity contribution in [3.63, 3.8) is 0 Å². The molecule has 0 spiro atoms. The Morgan fingerprint density at radius 3 is 2.56 bits per heavy atom. The zero-order valence-electron chi connectivity index (χ0n) is 13.2. The summed E-state index contributed by atoms with van der Waals surface area (Å²) in [6.45, 7) is 0. The van der Waals surface area contributed by atoms with Crippen molar-refractivity contribution in [2.45, 2.75) is 6.18 Å². The number of anilines is 1. The molecule has 1 heterocycles. The van der Waals surface area contributed by atoms with Gasteiger partial charge in [0.05, 0.1) is 18.9 Å². The number of methoxy groups -OCH3 is 1. The van der Waals surface area contributed by atoms with Crippen molar-refractivity contribution in [2.24, 2.45) is 5.10 Å². The van der Waals surface area contributed by atoms with Gasteiger partial charge in [0, 0.05) is 11.8 Å². The Morgan fingerprint density at radius 2 is 1.88 bits per heavy atom. The van der Waals surface area contributed by atoms with Crippen molar-refractivity contribution < 1.29 is 17.9 Å². The summed E-state index contributed by atoms with van der Waals surface area (Å²) in [5, 5.41) is 6.04. The van der Waals surface area contributed by atoms with E-state index in [9.17, 15) is 13.2 Å². The molecule has 1 aromatic heterocycles. The summed E-state index contributed by atoms with van der Waals surface area (Å²) in [5.41, 5.74) is 2.58. The fraction of sp³-hybridized carbons (Fsp3) is 0.111. The highest BCUT2D eigenvalue weighted by molar-refractivity contribution is 6.02. The number of hydrazone groups is 1.